The second kappa shape index (κ2) is 9.93. The van der Waals surface area contributed by atoms with E-state index in [0.717, 1.165) is 34.8 Å². The van der Waals surface area contributed by atoms with Crippen molar-refractivity contribution < 1.29 is 22.7 Å². The van der Waals surface area contributed by atoms with Crippen LogP contribution in [0.25, 0.3) is 11.3 Å². The first-order valence-corrected chi connectivity index (χ1v) is 11.4. The van der Waals surface area contributed by atoms with E-state index in [1.807, 2.05) is 12.1 Å². The second-order valence-electron chi connectivity index (χ2n) is 8.71. The molecule has 1 aliphatic rings. The first-order valence-electron chi connectivity index (χ1n) is 11.4. The van der Waals surface area contributed by atoms with E-state index in [-0.39, 0.29) is 18.3 Å². The number of halogens is 3. The third-order valence-electron chi connectivity index (χ3n) is 6.25. The highest BCUT2D eigenvalue weighted by Crippen LogP contribution is 2.31. The summed E-state index contributed by atoms with van der Waals surface area (Å²) < 4.78 is 43.9. The van der Waals surface area contributed by atoms with E-state index < -0.39 is 11.7 Å². The maximum absolute atomic E-state index is 12.8. The number of alkyl halides is 3. The van der Waals surface area contributed by atoms with Gasteiger partial charge < -0.3 is 14.5 Å². The lowest BCUT2D eigenvalue weighted by molar-refractivity contribution is -0.137. The molecule has 1 fully saturated rings. The minimum atomic E-state index is -4.46. The van der Waals surface area contributed by atoms with Gasteiger partial charge in [0.15, 0.2) is 12.4 Å². The van der Waals surface area contributed by atoms with Gasteiger partial charge in [-0.1, -0.05) is 12.1 Å². The Hall–Kier alpha value is -3.62. The molecule has 0 unspecified atom stereocenters. The van der Waals surface area contributed by atoms with Crippen molar-refractivity contribution in [3.05, 3.63) is 70.8 Å². The summed E-state index contributed by atoms with van der Waals surface area (Å²) in [6, 6.07) is 12.7. The van der Waals surface area contributed by atoms with Crippen molar-refractivity contribution >= 4 is 11.7 Å². The topological polar surface area (TPSA) is 58.6 Å². The van der Waals surface area contributed by atoms with Crippen molar-refractivity contribution in [2.24, 2.45) is 0 Å². The molecule has 2 heterocycles. The molecule has 1 saturated heterocycles. The summed E-state index contributed by atoms with van der Waals surface area (Å²) in [5.74, 6) is 0.484. The summed E-state index contributed by atoms with van der Waals surface area (Å²) in [7, 11) is 0. The number of amides is 1. The number of benzene rings is 2. The Morgan fingerprint density at radius 1 is 0.914 bits per heavy atom. The molecule has 0 radical (unpaired) electrons. The molecule has 0 spiro atoms. The molecule has 0 atom stereocenters. The maximum atomic E-state index is 12.8. The molecule has 6 nitrogen and oxygen atoms in total. The van der Waals surface area contributed by atoms with Gasteiger partial charge in [0.25, 0.3) is 5.91 Å². The van der Waals surface area contributed by atoms with Crippen LogP contribution in [0.15, 0.2) is 48.5 Å². The number of aromatic nitrogens is 2. The lowest BCUT2D eigenvalue weighted by atomic mass is 9.99. The van der Waals surface area contributed by atoms with E-state index in [0.29, 0.717) is 26.2 Å². The quantitative estimate of drug-likeness (QED) is 0.520. The highest BCUT2D eigenvalue weighted by molar-refractivity contribution is 5.78. The van der Waals surface area contributed by atoms with Gasteiger partial charge in [-0.25, -0.2) is 0 Å². The van der Waals surface area contributed by atoms with Crippen LogP contribution in [-0.4, -0.2) is 53.8 Å². The highest BCUT2D eigenvalue weighted by Gasteiger charge is 2.30. The summed E-state index contributed by atoms with van der Waals surface area (Å²) >= 11 is 0. The molecule has 1 aliphatic heterocycles. The summed E-state index contributed by atoms with van der Waals surface area (Å²) in [6.07, 6.45) is -4.46. The number of nitrogens with zero attached hydrogens (tertiary/aromatic N) is 4. The van der Waals surface area contributed by atoms with Crippen LogP contribution in [0.4, 0.5) is 19.0 Å². The van der Waals surface area contributed by atoms with E-state index in [2.05, 4.69) is 48.0 Å². The Kier molecular flexibility index (Phi) is 6.95. The van der Waals surface area contributed by atoms with Crippen molar-refractivity contribution in [1.29, 1.82) is 0 Å². The van der Waals surface area contributed by atoms with Gasteiger partial charge in [0.05, 0.1) is 11.3 Å². The smallest absolute Gasteiger partial charge is 0.416 e. The van der Waals surface area contributed by atoms with Crippen LogP contribution in [0.3, 0.4) is 0 Å². The molecule has 184 valence electrons. The predicted octanol–water partition coefficient (Wildman–Crippen LogP) is 4.82. The van der Waals surface area contributed by atoms with Gasteiger partial charge in [-0.2, -0.15) is 13.2 Å². The van der Waals surface area contributed by atoms with E-state index in [4.69, 9.17) is 4.74 Å². The van der Waals surface area contributed by atoms with E-state index in [1.54, 1.807) is 4.90 Å². The zero-order valence-electron chi connectivity index (χ0n) is 19.9. The van der Waals surface area contributed by atoms with E-state index in [9.17, 15) is 18.0 Å². The molecule has 0 aliphatic carbocycles. The third kappa shape index (κ3) is 5.72. The van der Waals surface area contributed by atoms with Gasteiger partial charge >= 0.3 is 6.18 Å². The Labute approximate surface area is 202 Å². The van der Waals surface area contributed by atoms with E-state index >= 15 is 0 Å². The first kappa shape index (κ1) is 24.5. The second-order valence-corrected chi connectivity index (χ2v) is 8.71. The molecule has 1 amide bonds. The number of rotatable bonds is 5. The summed E-state index contributed by atoms with van der Waals surface area (Å²) in [5, 5.41) is 8.83. The van der Waals surface area contributed by atoms with Crippen molar-refractivity contribution in [2.45, 2.75) is 26.9 Å². The van der Waals surface area contributed by atoms with Crippen molar-refractivity contribution in [3.8, 4) is 17.0 Å². The maximum Gasteiger partial charge on any atom is 0.416 e. The Balaban J connectivity index is 1.32. The van der Waals surface area contributed by atoms with Gasteiger partial charge in [-0.3, -0.25) is 4.79 Å². The van der Waals surface area contributed by atoms with Crippen LogP contribution in [0.5, 0.6) is 5.75 Å². The lowest BCUT2D eigenvalue weighted by Crippen LogP contribution is -2.50. The number of ether oxygens (including phenoxy) is 1. The van der Waals surface area contributed by atoms with Crippen LogP contribution < -0.4 is 9.64 Å². The summed E-state index contributed by atoms with van der Waals surface area (Å²) in [5.41, 5.74) is 4.65. The Morgan fingerprint density at radius 3 is 2.29 bits per heavy atom. The molecular weight excluding hydrogens is 457 g/mol. The molecular formula is C26H27F3N4O2. The van der Waals surface area contributed by atoms with Gasteiger partial charge in [-0.15, -0.1) is 10.2 Å². The minimum absolute atomic E-state index is 0.0150. The number of carbonyl (C=O) groups excluding carboxylic acids is 1. The molecule has 1 aromatic heterocycles. The number of carbonyl (C=O) groups is 1. The molecule has 0 N–H and O–H groups in total. The third-order valence-corrected chi connectivity index (χ3v) is 6.25. The number of aryl methyl sites for hydroxylation is 3. The lowest BCUT2D eigenvalue weighted by Gasteiger charge is -2.35. The zero-order chi connectivity index (χ0) is 25.2. The largest absolute Gasteiger partial charge is 0.484 e. The molecule has 9 heteroatoms. The Morgan fingerprint density at radius 2 is 1.63 bits per heavy atom. The summed E-state index contributed by atoms with van der Waals surface area (Å²) in [6.45, 7) is 7.98. The van der Waals surface area contributed by atoms with Gasteiger partial charge in [0, 0.05) is 31.7 Å². The van der Waals surface area contributed by atoms with E-state index in [1.165, 1.54) is 23.3 Å². The normalized spacial score (nSPS) is 14.2. The van der Waals surface area contributed by atoms with Crippen LogP contribution in [0, 0.1) is 20.8 Å². The highest BCUT2D eigenvalue weighted by atomic mass is 19.4. The monoisotopic (exact) mass is 484 g/mol. The zero-order valence-corrected chi connectivity index (χ0v) is 19.9. The van der Waals surface area contributed by atoms with Crippen LogP contribution in [0.2, 0.25) is 0 Å². The average Bonchev–Trinajstić information content (AvgIpc) is 2.85. The van der Waals surface area contributed by atoms with Crippen molar-refractivity contribution in [2.75, 3.05) is 37.7 Å². The first-order chi connectivity index (χ1) is 16.6. The van der Waals surface area contributed by atoms with Crippen molar-refractivity contribution in [1.82, 2.24) is 15.1 Å². The molecule has 2 aromatic carbocycles. The van der Waals surface area contributed by atoms with Gasteiger partial charge in [-0.05, 0) is 73.9 Å². The summed E-state index contributed by atoms with van der Waals surface area (Å²) in [4.78, 5) is 16.2. The van der Waals surface area contributed by atoms with Crippen LogP contribution in [-0.2, 0) is 11.0 Å². The van der Waals surface area contributed by atoms with Gasteiger partial charge in [0.1, 0.15) is 5.75 Å². The fraction of sp³-hybridized carbons (Fsp3) is 0.346. The fourth-order valence-electron chi connectivity index (χ4n) is 4.06. The Bertz CT molecular complexity index is 1200. The standard InChI is InChI=1S/C26H27F3N4O2/c1-17-13-19(3)22(14-18(17)2)23-7-8-24(31-30-23)32-9-11-33(12-10-32)25(34)16-35-21-6-4-5-20(15-21)26(27,28)29/h4-8,13-15H,9-12,16H2,1-3H3. The van der Waals surface area contributed by atoms with Crippen LogP contribution in [0.1, 0.15) is 22.3 Å². The number of hydrogen-bond donors (Lipinski definition) is 0. The number of piperazine rings is 1. The van der Waals surface area contributed by atoms with Crippen LogP contribution >= 0.6 is 0 Å². The molecule has 0 saturated carbocycles. The number of hydrogen-bond acceptors (Lipinski definition) is 5. The minimum Gasteiger partial charge on any atom is -0.484 e. The van der Waals surface area contributed by atoms with Gasteiger partial charge in [0.2, 0.25) is 0 Å². The SMILES string of the molecule is Cc1cc(C)c(-c2ccc(N3CCN(C(=O)COc4cccc(C(F)(F)F)c4)CC3)nn2)cc1C. The fourth-order valence-corrected chi connectivity index (χ4v) is 4.06. The molecule has 35 heavy (non-hydrogen) atoms. The molecule has 0 bridgehead atoms. The molecule has 4 rings (SSSR count). The van der Waals surface area contributed by atoms with Crippen molar-refractivity contribution in [3.63, 3.8) is 0 Å². The molecule has 3 aromatic rings. The predicted molar refractivity (Wildman–Crippen MR) is 127 cm³/mol. The average molecular weight is 485 g/mol. The number of anilines is 1.